The van der Waals surface area contributed by atoms with Crippen LogP contribution in [0.5, 0.6) is 11.5 Å². The lowest BCUT2D eigenvalue weighted by molar-refractivity contribution is 0.0665. The smallest absolute Gasteiger partial charge is 0.256 e. The SMILES string of the molecule is Cc1ncc(Cn2cc(C(=O)N3CCN(C)CC3)c(-c3cccc4ccccc34)c2)n1C1CCN(Cc2ccc(Oc3ccccc3)cc2)CC1. The molecule has 8 rings (SSSR count). The number of amides is 1. The van der Waals surface area contributed by atoms with Gasteiger partial charge in [0.1, 0.15) is 17.3 Å². The molecule has 4 aromatic carbocycles. The first kappa shape index (κ1) is 33.0. The van der Waals surface area contributed by atoms with E-state index in [1.165, 1.54) is 16.6 Å². The molecule has 0 aliphatic carbocycles. The number of benzene rings is 4. The van der Waals surface area contributed by atoms with Crippen molar-refractivity contribution in [2.24, 2.45) is 0 Å². The van der Waals surface area contributed by atoms with E-state index in [0.29, 0.717) is 12.6 Å². The Kier molecular flexibility index (Phi) is 9.43. The van der Waals surface area contributed by atoms with Gasteiger partial charge in [0, 0.05) is 69.8 Å². The molecule has 2 aromatic heterocycles. The van der Waals surface area contributed by atoms with Gasteiger partial charge >= 0.3 is 0 Å². The van der Waals surface area contributed by atoms with Crippen molar-refractivity contribution in [3.8, 4) is 22.6 Å². The molecule has 260 valence electrons. The maximum atomic E-state index is 14.1. The highest BCUT2D eigenvalue weighted by Crippen LogP contribution is 2.34. The second kappa shape index (κ2) is 14.6. The summed E-state index contributed by atoms with van der Waals surface area (Å²) in [5.41, 5.74) is 5.33. The Labute approximate surface area is 300 Å². The van der Waals surface area contributed by atoms with E-state index >= 15 is 0 Å². The molecule has 2 saturated heterocycles. The Morgan fingerprint density at radius 2 is 1.45 bits per heavy atom. The fraction of sp³-hybridized carbons (Fsp3) is 0.302. The fourth-order valence-electron chi connectivity index (χ4n) is 7.81. The van der Waals surface area contributed by atoms with Gasteiger partial charge in [-0.3, -0.25) is 9.69 Å². The lowest BCUT2D eigenvalue weighted by Crippen LogP contribution is -2.47. The zero-order valence-corrected chi connectivity index (χ0v) is 29.6. The average Bonchev–Trinajstić information content (AvgIpc) is 3.75. The number of likely N-dealkylation sites (tertiary alicyclic amines) is 1. The molecular weight excluding hydrogens is 633 g/mol. The molecule has 0 saturated carbocycles. The number of piperidine rings is 1. The summed E-state index contributed by atoms with van der Waals surface area (Å²) in [7, 11) is 2.12. The fourth-order valence-corrected chi connectivity index (χ4v) is 7.81. The van der Waals surface area contributed by atoms with E-state index < -0.39 is 0 Å². The van der Waals surface area contributed by atoms with Gasteiger partial charge in [0.2, 0.25) is 0 Å². The minimum atomic E-state index is 0.111. The van der Waals surface area contributed by atoms with Crippen molar-refractivity contribution in [2.45, 2.75) is 38.9 Å². The van der Waals surface area contributed by atoms with Crippen LogP contribution >= 0.6 is 0 Å². The molecule has 2 fully saturated rings. The van der Waals surface area contributed by atoms with Crippen molar-refractivity contribution in [1.82, 2.24) is 28.8 Å². The Balaban J connectivity index is 0.985. The lowest BCUT2D eigenvalue weighted by Gasteiger charge is -2.34. The zero-order valence-electron chi connectivity index (χ0n) is 29.6. The molecule has 0 N–H and O–H groups in total. The number of aryl methyl sites for hydroxylation is 1. The van der Waals surface area contributed by atoms with Crippen LogP contribution in [-0.4, -0.2) is 81.0 Å². The van der Waals surface area contributed by atoms with Crippen LogP contribution in [0.15, 0.2) is 116 Å². The van der Waals surface area contributed by atoms with Gasteiger partial charge in [-0.25, -0.2) is 4.98 Å². The van der Waals surface area contributed by atoms with E-state index in [9.17, 15) is 4.79 Å². The molecule has 6 aromatic rings. The van der Waals surface area contributed by atoms with Crippen LogP contribution in [0.1, 0.15) is 46.3 Å². The Hall–Kier alpha value is -5.18. The number of carbonyl (C=O) groups is 1. The summed E-state index contributed by atoms with van der Waals surface area (Å²) in [4.78, 5) is 25.8. The third-order valence-electron chi connectivity index (χ3n) is 10.6. The Morgan fingerprint density at radius 3 is 2.24 bits per heavy atom. The van der Waals surface area contributed by atoms with Gasteiger partial charge in [-0.1, -0.05) is 72.8 Å². The highest BCUT2D eigenvalue weighted by atomic mass is 16.5. The molecule has 0 bridgehead atoms. The maximum absolute atomic E-state index is 14.1. The lowest BCUT2D eigenvalue weighted by atomic mass is 9.97. The summed E-state index contributed by atoms with van der Waals surface area (Å²) in [6.07, 6.45) is 8.42. The van der Waals surface area contributed by atoms with Gasteiger partial charge in [0.15, 0.2) is 0 Å². The van der Waals surface area contributed by atoms with Crippen molar-refractivity contribution in [2.75, 3.05) is 46.3 Å². The number of aromatic nitrogens is 3. The molecular formula is C43H46N6O2. The quantitative estimate of drug-likeness (QED) is 0.156. The molecule has 4 heterocycles. The summed E-state index contributed by atoms with van der Waals surface area (Å²) in [6, 6.07) is 33.6. The molecule has 0 unspecified atom stereocenters. The standard InChI is InChI=1S/C43H46N6O2/c1-32-44-27-36(49(32)35-19-21-46(22-20-35)28-33-15-17-38(18-16-33)51-37-11-4-3-5-12-37)29-47-30-41(40-14-8-10-34-9-6-7-13-39(34)40)42(31-47)43(50)48-25-23-45(2)24-26-48/h3-18,27,30-31,35H,19-26,28-29H2,1-2H3. The van der Waals surface area contributed by atoms with Crippen LogP contribution in [0, 0.1) is 6.92 Å². The summed E-state index contributed by atoms with van der Waals surface area (Å²) in [6.45, 7) is 9.04. The zero-order chi connectivity index (χ0) is 34.7. The van der Waals surface area contributed by atoms with Crippen LogP contribution in [0.4, 0.5) is 0 Å². The topological polar surface area (TPSA) is 58.8 Å². The number of likely N-dealkylation sites (N-methyl/N-ethyl adjacent to an activating group) is 1. The normalized spacial score (nSPS) is 16.2. The van der Waals surface area contributed by atoms with Crippen molar-refractivity contribution < 1.29 is 9.53 Å². The number of hydrogen-bond acceptors (Lipinski definition) is 5. The second-order valence-corrected chi connectivity index (χ2v) is 14.1. The first-order chi connectivity index (χ1) is 25.0. The minimum absolute atomic E-state index is 0.111. The van der Waals surface area contributed by atoms with Crippen molar-refractivity contribution in [3.63, 3.8) is 0 Å². The number of hydrogen-bond donors (Lipinski definition) is 0. The molecule has 0 spiro atoms. The number of para-hydroxylation sites is 1. The molecule has 0 radical (unpaired) electrons. The van der Waals surface area contributed by atoms with E-state index in [-0.39, 0.29) is 5.91 Å². The van der Waals surface area contributed by atoms with Gasteiger partial charge in [-0.15, -0.1) is 0 Å². The van der Waals surface area contributed by atoms with Crippen LogP contribution in [0.2, 0.25) is 0 Å². The Morgan fingerprint density at radius 1 is 0.745 bits per heavy atom. The maximum Gasteiger partial charge on any atom is 0.256 e. The van der Waals surface area contributed by atoms with Gasteiger partial charge in [-0.2, -0.15) is 0 Å². The Bertz CT molecular complexity index is 2100. The first-order valence-corrected chi connectivity index (χ1v) is 18.2. The summed E-state index contributed by atoms with van der Waals surface area (Å²) < 4.78 is 10.6. The van der Waals surface area contributed by atoms with Crippen molar-refractivity contribution in [1.29, 1.82) is 0 Å². The first-order valence-electron chi connectivity index (χ1n) is 18.2. The largest absolute Gasteiger partial charge is 0.457 e. The van der Waals surface area contributed by atoms with Crippen molar-refractivity contribution in [3.05, 3.63) is 138 Å². The highest BCUT2D eigenvalue weighted by molar-refractivity contribution is 6.06. The van der Waals surface area contributed by atoms with Crippen LogP contribution in [0.3, 0.4) is 0 Å². The number of nitrogens with zero attached hydrogens (tertiary/aromatic N) is 6. The molecule has 51 heavy (non-hydrogen) atoms. The number of imidazole rings is 1. The molecule has 8 nitrogen and oxygen atoms in total. The predicted octanol–water partition coefficient (Wildman–Crippen LogP) is 7.88. The summed E-state index contributed by atoms with van der Waals surface area (Å²) in [5.74, 6) is 2.87. The summed E-state index contributed by atoms with van der Waals surface area (Å²) in [5, 5.41) is 2.34. The summed E-state index contributed by atoms with van der Waals surface area (Å²) >= 11 is 0. The third-order valence-corrected chi connectivity index (χ3v) is 10.6. The molecule has 8 heteroatoms. The predicted molar refractivity (Wildman–Crippen MR) is 203 cm³/mol. The number of piperazine rings is 1. The van der Waals surface area contributed by atoms with Gasteiger partial charge in [0.05, 0.1) is 24.0 Å². The average molecular weight is 679 g/mol. The molecule has 1 amide bonds. The van der Waals surface area contributed by atoms with Crippen molar-refractivity contribution >= 4 is 16.7 Å². The number of fused-ring (bicyclic) bond motifs is 1. The number of rotatable bonds is 9. The van der Waals surface area contributed by atoms with E-state index in [2.05, 4.69) is 112 Å². The highest BCUT2D eigenvalue weighted by Gasteiger charge is 2.27. The van der Waals surface area contributed by atoms with E-state index in [0.717, 1.165) is 98.1 Å². The second-order valence-electron chi connectivity index (χ2n) is 14.1. The number of carbonyl (C=O) groups excluding carboxylic acids is 1. The monoisotopic (exact) mass is 678 g/mol. The van der Waals surface area contributed by atoms with E-state index in [4.69, 9.17) is 9.72 Å². The molecule has 2 aliphatic heterocycles. The molecule has 2 aliphatic rings. The van der Waals surface area contributed by atoms with Crippen LogP contribution < -0.4 is 4.74 Å². The van der Waals surface area contributed by atoms with E-state index in [1.807, 2.05) is 41.4 Å². The van der Waals surface area contributed by atoms with Gasteiger partial charge in [0.25, 0.3) is 5.91 Å². The van der Waals surface area contributed by atoms with Crippen LogP contribution in [-0.2, 0) is 13.1 Å². The van der Waals surface area contributed by atoms with Gasteiger partial charge < -0.3 is 23.7 Å². The minimum Gasteiger partial charge on any atom is -0.457 e. The third kappa shape index (κ3) is 7.20. The van der Waals surface area contributed by atoms with E-state index in [1.54, 1.807) is 0 Å². The van der Waals surface area contributed by atoms with Gasteiger partial charge in [-0.05, 0) is 73.0 Å². The van der Waals surface area contributed by atoms with Crippen LogP contribution in [0.25, 0.3) is 21.9 Å². The molecule has 0 atom stereocenters. The number of ether oxygens (including phenoxy) is 1.